The van der Waals surface area contributed by atoms with Gasteiger partial charge in [0.2, 0.25) is 0 Å². The first-order valence-corrected chi connectivity index (χ1v) is 6.86. The average molecular weight is 252 g/mol. The Hall–Kier alpha value is -0.670. The van der Waals surface area contributed by atoms with E-state index in [0.717, 1.165) is 19.3 Å². The number of fused-ring (bicyclic) bond motifs is 1. The highest BCUT2D eigenvalue weighted by atomic mass is 16.3. The summed E-state index contributed by atoms with van der Waals surface area (Å²) in [7, 11) is 0. The molecule has 0 bridgehead atoms. The molecule has 2 aliphatic carbocycles. The van der Waals surface area contributed by atoms with Crippen molar-refractivity contribution < 1.29 is 15.0 Å². The third kappa shape index (κ3) is 2.14. The van der Waals surface area contributed by atoms with Gasteiger partial charge in [0.1, 0.15) is 0 Å². The van der Waals surface area contributed by atoms with E-state index in [4.69, 9.17) is 0 Å². The van der Waals surface area contributed by atoms with E-state index in [1.54, 1.807) is 6.92 Å². The molecule has 0 aliphatic heterocycles. The first-order valence-electron chi connectivity index (χ1n) is 6.86. The Bertz CT molecular complexity index is 383. The summed E-state index contributed by atoms with van der Waals surface area (Å²) >= 11 is 0. The molecule has 0 aromatic heterocycles. The maximum Gasteiger partial charge on any atom is 0.155 e. The second-order valence-electron chi connectivity index (χ2n) is 6.61. The van der Waals surface area contributed by atoms with Crippen LogP contribution in [0.25, 0.3) is 0 Å². The van der Waals surface area contributed by atoms with E-state index in [1.807, 2.05) is 6.08 Å². The number of rotatable bonds is 2. The molecular weight excluding hydrogens is 228 g/mol. The van der Waals surface area contributed by atoms with Crippen LogP contribution < -0.4 is 0 Å². The molecule has 1 saturated carbocycles. The number of ketones is 1. The predicted molar refractivity (Wildman–Crippen MR) is 70.0 cm³/mol. The van der Waals surface area contributed by atoms with Crippen LogP contribution in [0.2, 0.25) is 0 Å². The zero-order chi connectivity index (χ0) is 13.6. The number of aliphatic hydroxyl groups excluding tert-OH is 1. The van der Waals surface area contributed by atoms with Crippen molar-refractivity contribution in [2.75, 3.05) is 6.61 Å². The Labute approximate surface area is 109 Å². The summed E-state index contributed by atoms with van der Waals surface area (Å²) in [6, 6.07) is 0. The van der Waals surface area contributed by atoms with Crippen molar-refractivity contribution in [1.29, 1.82) is 0 Å². The SMILES string of the molecule is C[C@@H]1CC(=O)C=C2CCC(C(C)(O)CO)C[C@]21C. The Morgan fingerprint density at radius 2 is 2.22 bits per heavy atom. The lowest BCUT2D eigenvalue weighted by atomic mass is 9.56. The fourth-order valence-electron chi connectivity index (χ4n) is 3.56. The van der Waals surface area contributed by atoms with Gasteiger partial charge in [-0.1, -0.05) is 19.4 Å². The van der Waals surface area contributed by atoms with E-state index in [1.165, 1.54) is 5.57 Å². The minimum Gasteiger partial charge on any atom is -0.393 e. The molecule has 0 amide bonds. The number of hydrogen-bond donors (Lipinski definition) is 2. The van der Waals surface area contributed by atoms with Gasteiger partial charge in [-0.25, -0.2) is 0 Å². The van der Waals surface area contributed by atoms with Crippen molar-refractivity contribution in [1.82, 2.24) is 0 Å². The quantitative estimate of drug-likeness (QED) is 0.791. The highest BCUT2D eigenvalue weighted by Crippen LogP contribution is 2.53. The van der Waals surface area contributed by atoms with Gasteiger partial charge in [0, 0.05) is 6.42 Å². The van der Waals surface area contributed by atoms with Crippen molar-refractivity contribution in [3.63, 3.8) is 0 Å². The van der Waals surface area contributed by atoms with E-state index in [0.29, 0.717) is 12.3 Å². The number of carbonyl (C=O) groups is 1. The lowest BCUT2D eigenvalue weighted by Gasteiger charge is -2.49. The standard InChI is InChI=1S/C15H24O3/c1-10-6-13(17)7-11-4-5-12(8-14(10,11)2)15(3,18)9-16/h7,10,12,16,18H,4-6,8-9H2,1-3H3/t10-,12?,14+,15?/m1/s1. The molecule has 2 N–H and O–H groups in total. The van der Waals surface area contributed by atoms with Crippen LogP contribution in [0.15, 0.2) is 11.6 Å². The van der Waals surface area contributed by atoms with Crippen LogP contribution in [0, 0.1) is 17.3 Å². The smallest absolute Gasteiger partial charge is 0.155 e. The topological polar surface area (TPSA) is 57.5 Å². The van der Waals surface area contributed by atoms with Crippen LogP contribution in [-0.4, -0.2) is 28.2 Å². The van der Waals surface area contributed by atoms with Crippen LogP contribution in [0.3, 0.4) is 0 Å². The molecule has 18 heavy (non-hydrogen) atoms. The highest BCUT2D eigenvalue weighted by Gasteiger charge is 2.47. The normalized spacial score (nSPS) is 39.8. The van der Waals surface area contributed by atoms with E-state index < -0.39 is 5.60 Å². The predicted octanol–water partition coefficient (Wildman–Crippen LogP) is 2.07. The second-order valence-corrected chi connectivity index (χ2v) is 6.61. The van der Waals surface area contributed by atoms with Crippen LogP contribution in [0.4, 0.5) is 0 Å². The number of aliphatic hydroxyl groups is 2. The Balaban J connectivity index is 2.26. The monoisotopic (exact) mass is 252 g/mol. The van der Waals surface area contributed by atoms with Gasteiger partial charge in [-0.05, 0) is 49.5 Å². The van der Waals surface area contributed by atoms with Gasteiger partial charge in [0.05, 0.1) is 12.2 Å². The highest BCUT2D eigenvalue weighted by molar-refractivity contribution is 5.92. The number of carbonyl (C=O) groups excluding carboxylic acids is 1. The lowest BCUT2D eigenvalue weighted by Crippen LogP contribution is -2.47. The zero-order valence-corrected chi connectivity index (χ0v) is 11.6. The van der Waals surface area contributed by atoms with Gasteiger partial charge in [0.15, 0.2) is 5.78 Å². The summed E-state index contributed by atoms with van der Waals surface area (Å²) in [5.41, 5.74) is 0.252. The Morgan fingerprint density at radius 1 is 1.56 bits per heavy atom. The average Bonchev–Trinajstić information content (AvgIpc) is 2.30. The lowest BCUT2D eigenvalue weighted by molar-refractivity contribution is -0.118. The van der Waals surface area contributed by atoms with E-state index in [-0.39, 0.29) is 23.7 Å². The van der Waals surface area contributed by atoms with Crippen LogP contribution in [-0.2, 0) is 4.79 Å². The van der Waals surface area contributed by atoms with Gasteiger partial charge < -0.3 is 10.2 Å². The molecule has 0 aromatic rings. The third-order valence-corrected chi connectivity index (χ3v) is 5.30. The summed E-state index contributed by atoms with van der Waals surface area (Å²) in [5, 5.41) is 19.6. The van der Waals surface area contributed by atoms with Gasteiger partial charge in [0.25, 0.3) is 0 Å². The molecule has 3 heteroatoms. The molecule has 1 fully saturated rings. The maximum absolute atomic E-state index is 11.6. The second kappa shape index (κ2) is 4.46. The van der Waals surface area contributed by atoms with Crippen molar-refractivity contribution in [2.24, 2.45) is 17.3 Å². The minimum atomic E-state index is -1.00. The fourth-order valence-corrected chi connectivity index (χ4v) is 3.56. The summed E-state index contributed by atoms with van der Waals surface area (Å²) in [4.78, 5) is 11.6. The molecule has 0 radical (unpaired) electrons. The third-order valence-electron chi connectivity index (χ3n) is 5.30. The zero-order valence-electron chi connectivity index (χ0n) is 11.6. The molecule has 0 heterocycles. The van der Waals surface area contributed by atoms with Gasteiger partial charge in [-0.2, -0.15) is 0 Å². The molecule has 102 valence electrons. The van der Waals surface area contributed by atoms with Crippen LogP contribution >= 0.6 is 0 Å². The number of allylic oxidation sites excluding steroid dienone is 2. The molecule has 2 rings (SSSR count). The molecule has 3 nitrogen and oxygen atoms in total. The van der Waals surface area contributed by atoms with Gasteiger partial charge in [-0.15, -0.1) is 0 Å². The first kappa shape index (κ1) is 13.8. The van der Waals surface area contributed by atoms with Crippen molar-refractivity contribution in [3.05, 3.63) is 11.6 Å². The summed E-state index contributed by atoms with van der Waals surface area (Å²) in [6.07, 6.45) is 5.01. The van der Waals surface area contributed by atoms with E-state index in [2.05, 4.69) is 13.8 Å². The van der Waals surface area contributed by atoms with Gasteiger partial charge >= 0.3 is 0 Å². The van der Waals surface area contributed by atoms with Crippen molar-refractivity contribution in [2.45, 2.75) is 52.1 Å². The van der Waals surface area contributed by atoms with Crippen molar-refractivity contribution in [3.8, 4) is 0 Å². The fraction of sp³-hybridized carbons (Fsp3) is 0.800. The molecule has 2 unspecified atom stereocenters. The van der Waals surface area contributed by atoms with Crippen molar-refractivity contribution >= 4 is 5.78 Å². The van der Waals surface area contributed by atoms with E-state index >= 15 is 0 Å². The summed E-state index contributed by atoms with van der Waals surface area (Å²) < 4.78 is 0. The molecule has 0 aromatic carbocycles. The van der Waals surface area contributed by atoms with Crippen LogP contribution in [0.5, 0.6) is 0 Å². The largest absolute Gasteiger partial charge is 0.393 e. The maximum atomic E-state index is 11.6. The number of hydrogen-bond acceptors (Lipinski definition) is 3. The summed E-state index contributed by atoms with van der Waals surface area (Å²) in [6.45, 7) is 5.85. The van der Waals surface area contributed by atoms with Gasteiger partial charge in [-0.3, -0.25) is 4.79 Å². The molecule has 2 aliphatic rings. The van der Waals surface area contributed by atoms with E-state index in [9.17, 15) is 15.0 Å². The molecule has 0 spiro atoms. The summed E-state index contributed by atoms with van der Waals surface area (Å²) in [5.74, 6) is 0.671. The molecule has 4 atom stereocenters. The first-order chi connectivity index (χ1) is 8.29. The minimum absolute atomic E-state index is 0.00991. The molecule has 0 saturated heterocycles. The van der Waals surface area contributed by atoms with Crippen LogP contribution in [0.1, 0.15) is 46.5 Å². The molecular formula is C15H24O3. The Kier molecular flexibility index (Phi) is 3.41. The Morgan fingerprint density at radius 3 is 2.83 bits per heavy atom.